The van der Waals surface area contributed by atoms with Gasteiger partial charge in [0, 0.05) is 14.5 Å². The molecule has 0 fully saturated rings. The fourth-order valence-electron chi connectivity index (χ4n) is 1.74. The third-order valence-corrected chi connectivity index (χ3v) is 3.72. The number of carbonyl (C=O) groups excluding carboxylic acids is 1. The van der Waals surface area contributed by atoms with Crippen molar-refractivity contribution >= 4 is 43.2 Å². The van der Waals surface area contributed by atoms with Gasteiger partial charge in [-0.1, -0.05) is 56.1 Å². The van der Waals surface area contributed by atoms with Crippen molar-refractivity contribution in [3.8, 4) is 0 Å². The van der Waals surface area contributed by atoms with Gasteiger partial charge in [-0.25, -0.2) is 0 Å². The van der Waals surface area contributed by atoms with Gasteiger partial charge in [-0.2, -0.15) is 0 Å². The van der Waals surface area contributed by atoms with E-state index in [0.717, 1.165) is 20.1 Å². The van der Waals surface area contributed by atoms with Gasteiger partial charge in [0.25, 0.3) is 0 Å². The first-order chi connectivity index (χ1) is 9.06. The van der Waals surface area contributed by atoms with Crippen molar-refractivity contribution in [2.75, 3.05) is 0 Å². The lowest BCUT2D eigenvalue weighted by molar-refractivity contribution is 0.104. The molecule has 0 spiro atoms. The fourth-order valence-corrected chi connectivity index (χ4v) is 2.54. The summed E-state index contributed by atoms with van der Waals surface area (Å²) in [6.07, 6.45) is 1.67. The molecule has 0 N–H and O–H groups in total. The molecule has 0 radical (unpaired) electrons. The van der Waals surface area contributed by atoms with Crippen LogP contribution in [-0.4, -0.2) is 5.78 Å². The van der Waals surface area contributed by atoms with Crippen LogP contribution in [0.4, 0.5) is 0 Å². The van der Waals surface area contributed by atoms with Gasteiger partial charge in [0.05, 0.1) is 0 Å². The highest BCUT2D eigenvalue weighted by atomic mass is 79.9. The van der Waals surface area contributed by atoms with Crippen molar-refractivity contribution in [1.82, 2.24) is 0 Å². The van der Waals surface area contributed by atoms with E-state index in [2.05, 4.69) is 31.9 Å². The Bertz CT molecular complexity index is 645. The standard InChI is InChI=1S/C16H12Br2O/c1-11(12-4-2-6-14(17)9-12)8-16(19)13-5-3-7-15(18)10-13/h2-10H,1H3. The van der Waals surface area contributed by atoms with Crippen molar-refractivity contribution in [3.05, 3.63) is 74.7 Å². The van der Waals surface area contributed by atoms with Crippen molar-refractivity contribution in [2.45, 2.75) is 6.92 Å². The Hall–Kier alpha value is -1.19. The summed E-state index contributed by atoms with van der Waals surface area (Å²) in [7, 11) is 0. The largest absolute Gasteiger partial charge is 0.289 e. The third kappa shape index (κ3) is 3.88. The van der Waals surface area contributed by atoms with Gasteiger partial charge >= 0.3 is 0 Å². The minimum atomic E-state index is 0.0128. The van der Waals surface area contributed by atoms with Crippen LogP contribution in [-0.2, 0) is 0 Å². The van der Waals surface area contributed by atoms with Crippen LogP contribution in [0.1, 0.15) is 22.8 Å². The third-order valence-electron chi connectivity index (χ3n) is 2.74. The predicted molar refractivity (Wildman–Crippen MR) is 86.3 cm³/mol. The van der Waals surface area contributed by atoms with E-state index in [0.29, 0.717) is 5.56 Å². The number of hydrogen-bond acceptors (Lipinski definition) is 1. The minimum absolute atomic E-state index is 0.0128. The summed E-state index contributed by atoms with van der Waals surface area (Å²) < 4.78 is 1.92. The summed E-state index contributed by atoms with van der Waals surface area (Å²) in [5.74, 6) is 0.0128. The Morgan fingerprint density at radius 2 is 1.47 bits per heavy atom. The van der Waals surface area contributed by atoms with E-state index in [4.69, 9.17) is 0 Å². The van der Waals surface area contributed by atoms with Crippen LogP contribution in [0.2, 0.25) is 0 Å². The smallest absolute Gasteiger partial charge is 0.186 e. The molecule has 2 rings (SSSR count). The topological polar surface area (TPSA) is 17.1 Å². The average Bonchev–Trinajstić information content (AvgIpc) is 2.38. The first-order valence-corrected chi connectivity index (χ1v) is 7.39. The number of halogens is 2. The lowest BCUT2D eigenvalue weighted by Crippen LogP contribution is -1.95. The molecule has 96 valence electrons. The van der Waals surface area contributed by atoms with Crippen LogP contribution in [0, 0.1) is 0 Å². The second kappa shape index (κ2) is 6.31. The summed E-state index contributed by atoms with van der Waals surface area (Å²) in [4.78, 5) is 12.2. The SMILES string of the molecule is CC(=CC(=O)c1cccc(Br)c1)c1cccc(Br)c1. The minimum Gasteiger partial charge on any atom is -0.289 e. The molecular weight excluding hydrogens is 368 g/mol. The molecule has 0 bridgehead atoms. The van der Waals surface area contributed by atoms with E-state index in [-0.39, 0.29) is 5.78 Å². The van der Waals surface area contributed by atoms with Crippen LogP contribution in [0.3, 0.4) is 0 Å². The van der Waals surface area contributed by atoms with E-state index in [1.54, 1.807) is 6.08 Å². The summed E-state index contributed by atoms with van der Waals surface area (Å²) >= 11 is 6.80. The van der Waals surface area contributed by atoms with E-state index >= 15 is 0 Å². The molecular formula is C16H12Br2O. The fraction of sp³-hybridized carbons (Fsp3) is 0.0625. The Balaban J connectivity index is 2.28. The highest BCUT2D eigenvalue weighted by Crippen LogP contribution is 2.20. The van der Waals surface area contributed by atoms with Crippen molar-refractivity contribution in [3.63, 3.8) is 0 Å². The maximum Gasteiger partial charge on any atom is 0.186 e. The van der Waals surface area contributed by atoms with E-state index in [1.807, 2.05) is 55.5 Å². The Labute approximate surface area is 129 Å². The second-order valence-corrected chi connectivity index (χ2v) is 6.04. The molecule has 2 aromatic carbocycles. The van der Waals surface area contributed by atoms with Gasteiger partial charge in [-0.15, -0.1) is 0 Å². The van der Waals surface area contributed by atoms with Crippen LogP contribution in [0.15, 0.2) is 63.6 Å². The zero-order chi connectivity index (χ0) is 13.8. The number of hydrogen-bond donors (Lipinski definition) is 0. The quantitative estimate of drug-likeness (QED) is 0.508. The molecule has 0 aliphatic rings. The van der Waals surface area contributed by atoms with E-state index in [9.17, 15) is 4.79 Å². The van der Waals surface area contributed by atoms with Gasteiger partial charge in [-0.05, 0) is 48.4 Å². The van der Waals surface area contributed by atoms with Crippen molar-refractivity contribution in [1.29, 1.82) is 0 Å². The van der Waals surface area contributed by atoms with E-state index < -0.39 is 0 Å². The maximum absolute atomic E-state index is 12.2. The molecule has 0 aromatic heterocycles. The van der Waals surface area contributed by atoms with Crippen LogP contribution < -0.4 is 0 Å². The van der Waals surface area contributed by atoms with Crippen LogP contribution in [0.5, 0.6) is 0 Å². The number of ketones is 1. The molecule has 2 aromatic rings. The summed E-state index contributed by atoms with van der Waals surface area (Å²) in [5, 5.41) is 0. The number of allylic oxidation sites excluding steroid dienone is 2. The van der Waals surface area contributed by atoms with Crippen LogP contribution in [0.25, 0.3) is 5.57 Å². The zero-order valence-corrected chi connectivity index (χ0v) is 13.5. The second-order valence-electron chi connectivity index (χ2n) is 4.21. The number of benzene rings is 2. The molecule has 3 heteroatoms. The number of carbonyl (C=O) groups is 1. The summed E-state index contributed by atoms with van der Waals surface area (Å²) in [5.41, 5.74) is 2.67. The molecule has 0 amide bonds. The van der Waals surface area contributed by atoms with Gasteiger partial charge in [0.2, 0.25) is 0 Å². The Morgan fingerprint density at radius 1 is 0.947 bits per heavy atom. The van der Waals surface area contributed by atoms with Crippen molar-refractivity contribution < 1.29 is 4.79 Å². The van der Waals surface area contributed by atoms with Gasteiger partial charge in [-0.3, -0.25) is 4.79 Å². The first-order valence-electron chi connectivity index (χ1n) is 5.80. The molecule has 0 saturated carbocycles. The lowest BCUT2D eigenvalue weighted by Gasteiger charge is -2.03. The lowest BCUT2D eigenvalue weighted by atomic mass is 10.0. The summed E-state index contributed by atoms with van der Waals surface area (Å²) in [6, 6.07) is 15.3. The molecule has 19 heavy (non-hydrogen) atoms. The molecule has 0 heterocycles. The Kier molecular flexibility index (Phi) is 4.72. The van der Waals surface area contributed by atoms with Gasteiger partial charge in [0.15, 0.2) is 5.78 Å². The average molecular weight is 380 g/mol. The maximum atomic E-state index is 12.2. The first kappa shape index (κ1) is 14.2. The molecule has 0 unspecified atom stereocenters. The van der Waals surface area contributed by atoms with Gasteiger partial charge < -0.3 is 0 Å². The molecule has 0 atom stereocenters. The molecule has 1 nitrogen and oxygen atoms in total. The normalized spacial score (nSPS) is 11.4. The molecule has 0 saturated heterocycles. The summed E-state index contributed by atoms with van der Waals surface area (Å²) in [6.45, 7) is 1.94. The van der Waals surface area contributed by atoms with Crippen LogP contribution >= 0.6 is 31.9 Å². The van der Waals surface area contributed by atoms with Gasteiger partial charge in [0.1, 0.15) is 0 Å². The highest BCUT2D eigenvalue weighted by molar-refractivity contribution is 9.10. The molecule has 0 aliphatic carbocycles. The number of rotatable bonds is 3. The molecule has 0 aliphatic heterocycles. The Morgan fingerprint density at radius 3 is 2.05 bits per heavy atom. The monoisotopic (exact) mass is 378 g/mol. The van der Waals surface area contributed by atoms with E-state index in [1.165, 1.54) is 0 Å². The predicted octanol–water partition coefficient (Wildman–Crippen LogP) is 5.50. The van der Waals surface area contributed by atoms with Crippen molar-refractivity contribution in [2.24, 2.45) is 0 Å². The zero-order valence-electron chi connectivity index (χ0n) is 10.4. The highest BCUT2D eigenvalue weighted by Gasteiger charge is 2.05.